The Morgan fingerprint density at radius 2 is 2.04 bits per heavy atom. The fraction of sp³-hybridized carbons (Fsp3) is 0.222. The van der Waals surface area contributed by atoms with Crippen molar-refractivity contribution in [1.29, 1.82) is 0 Å². The molecule has 0 radical (unpaired) electrons. The van der Waals surface area contributed by atoms with E-state index < -0.39 is 23.9 Å². The second kappa shape index (κ2) is 6.78. The third-order valence-electron chi connectivity index (χ3n) is 4.04. The van der Waals surface area contributed by atoms with Crippen LogP contribution in [0.25, 0.3) is 10.9 Å². The third kappa shape index (κ3) is 3.68. The molecule has 2 aromatic heterocycles. The van der Waals surface area contributed by atoms with Gasteiger partial charge in [0, 0.05) is 22.8 Å². The molecule has 0 saturated carbocycles. The number of alkyl halides is 3. The average Bonchev–Trinajstić information content (AvgIpc) is 2.88. The summed E-state index contributed by atoms with van der Waals surface area (Å²) in [4.78, 5) is 19.0. The number of halogens is 4. The first kappa shape index (κ1) is 17.9. The normalized spacial score (nSPS) is 13.0. The minimum atomic E-state index is -4.69. The van der Waals surface area contributed by atoms with Crippen molar-refractivity contribution in [1.82, 2.24) is 15.3 Å². The van der Waals surface area contributed by atoms with Gasteiger partial charge in [-0.25, -0.2) is 4.39 Å². The first-order valence-electron chi connectivity index (χ1n) is 7.79. The number of aromatic nitrogens is 2. The van der Waals surface area contributed by atoms with Crippen LogP contribution in [-0.4, -0.2) is 22.1 Å². The van der Waals surface area contributed by atoms with Gasteiger partial charge in [0.1, 0.15) is 5.82 Å². The van der Waals surface area contributed by atoms with Gasteiger partial charge in [-0.05, 0) is 42.8 Å². The first-order chi connectivity index (χ1) is 12.3. The van der Waals surface area contributed by atoms with Crippen LogP contribution in [0.4, 0.5) is 17.6 Å². The van der Waals surface area contributed by atoms with Crippen molar-refractivity contribution in [3.8, 4) is 0 Å². The summed E-state index contributed by atoms with van der Waals surface area (Å²) in [6.07, 6.45) is -3.77. The van der Waals surface area contributed by atoms with Gasteiger partial charge in [0.25, 0.3) is 0 Å². The highest BCUT2D eigenvalue weighted by Gasteiger charge is 2.42. The van der Waals surface area contributed by atoms with Crippen LogP contribution in [0.1, 0.15) is 23.0 Å². The minimum Gasteiger partial charge on any atom is -0.358 e. The van der Waals surface area contributed by atoms with Crippen molar-refractivity contribution >= 4 is 16.8 Å². The summed E-state index contributed by atoms with van der Waals surface area (Å²) in [5, 5.41) is 2.46. The number of hydrogen-bond donors (Lipinski definition) is 2. The number of H-pyrrole nitrogens is 1. The molecular formula is C18H15F4N3O. The molecule has 0 fully saturated rings. The van der Waals surface area contributed by atoms with Crippen molar-refractivity contribution in [3.05, 3.63) is 65.4 Å². The van der Waals surface area contributed by atoms with Gasteiger partial charge in [0.15, 0.2) is 6.04 Å². The van der Waals surface area contributed by atoms with Gasteiger partial charge in [-0.15, -0.1) is 0 Å². The summed E-state index contributed by atoms with van der Waals surface area (Å²) in [5.74, 6) is -1.31. The van der Waals surface area contributed by atoms with Crippen LogP contribution in [0, 0.1) is 12.7 Å². The van der Waals surface area contributed by atoms with Crippen LogP contribution >= 0.6 is 0 Å². The van der Waals surface area contributed by atoms with Gasteiger partial charge >= 0.3 is 6.18 Å². The Morgan fingerprint density at radius 3 is 2.69 bits per heavy atom. The molecule has 0 aliphatic heterocycles. The molecule has 1 amide bonds. The van der Waals surface area contributed by atoms with Crippen LogP contribution in [0.3, 0.4) is 0 Å². The molecule has 3 aromatic rings. The van der Waals surface area contributed by atoms with E-state index >= 15 is 0 Å². The smallest absolute Gasteiger partial charge is 0.358 e. The molecule has 3 rings (SSSR count). The van der Waals surface area contributed by atoms with Crippen molar-refractivity contribution in [2.24, 2.45) is 0 Å². The average molecular weight is 365 g/mol. The van der Waals surface area contributed by atoms with E-state index in [1.165, 1.54) is 42.6 Å². The van der Waals surface area contributed by atoms with Gasteiger partial charge in [0.05, 0.1) is 12.1 Å². The molecule has 0 bridgehead atoms. The molecule has 26 heavy (non-hydrogen) atoms. The Hall–Kier alpha value is -2.90. The molecular weight excluding hydrogens is 350 g/mol. The van der Waals surface area contributed by atoms with E-state index in [1.54, 1.807) is 6.92 Å². The zero-order valence-electron chi connectivity index (χ0n) is 13.7. The quantitative estimate of drug-likeness (QED) is 0.688. The number of nitrogens with zero attached hydrogens (tertiary/aromatic N) is 1. The predicted molar refractivity (Wildman–Crippen MR) is 87.9 cm³/mol. The molecule has 1 atom stereocenters. The Morgan fingerprint density at radius 1 is 1.27 bits per heavy atom. The Bertz CT molecular complexity index is 935. The lowest BCUT2D eigenvalue weighted by Crippen LogP contribution is -2.39. The van der Waals surface area contributed by atoms with Crippen LogP contribution in [-0.2, 0) is 11.2 Å². The van der Waals surface area contributed by atoms with Gasteiger partial charge in [-0.1, -0.05) is 6.07 Å². The molecule has 2 heterocycles. The number of carbonyl (C=O) groups is 1. The van der Waals surface area contributed by atoms with Gasteiger partial charge in [-0.2, -0.15) is 13.2 Å². The standard InChI is InChI=1S/C18H15F4N3O/c1-10-12(13-8-11(19)5-6-14(13)24-10)9-16(26)25-17(18(20,21)22)15-4-2-3-7-23-15/h2-8,17,24H,9H2,1H3,(H,25,26)/t17-/m0/s1. The summed E-state index contributed by atoms with van der Waals surface area (Å²) >= 11 is 0. The molecule has 1 aromatic carbocycles. The van der Waals surface area contributed by atoms with Crippen LogP contribution in [0.2, 0.25) is 0 Å². The third-order valence-corrected chi connectivity index (χ3v) is 4.04. The fourth-order valence-electron chi connectivity index (χ4n) is 2.83. The van der Waals surface area contributed by atoms with Crippen molar-refractivity contribution in [3.63, 3.8) is 0 Å². The highest BCUT2D eigenvalue weighted by Crippen LogP contribution is 2.32. The highest BCUT2D eigenvalue weighted by molar-refractivity contribution is 5.90. The summed E-state index contributed by atoms with van der Waals surface area (Å²) in [6, 6.07) is 5.93. The predicted octanol–water partition coefficient (Wildman–Crippen LogP) is 3.97. The molecule has 0 spiro atoms. The number of amides is 1. The van der Waals surface area contributed by atoms with Crippen LogP contribution in [0.15, 0.2) is 42.6 Å². The largest absolute Gasteiger partial charge is 0.414 e. The zero-order valence-corrected chi connectivity index (χ0v) is 13.7. The van der Waals surface area contributed by atoms with Crippen molar-refractivity contribution < 1.29 is 22.4 Å². The fourth-order valence-corrected chi connectivity index (χ4v) is 2.83. The molecule has 2 N–H and O–H groups in total. The van der Waals surface area contributed by atoms with E-state index in [-0.39, 0.29) is 12.1 Å². The number of aromatic amines is 1. The second-order valence-corrected chi connectivity index (χ2v) is 5.89. The van der Waals surface area contributed by atoms with Crippen molar-refractivity contribution in [2.75, 3.05) is 0 Å². The number of hydrogen-bond acceptors (Lipinski definition) is 2. The topological polar surface area (TPSA) is 57.8 Å². The van der Waals surface area contributed by atoms with Gasteiger partial charge in [0.2, 0.25) is 5.91 Å². The van der Waals surface area contributed by atoms with E-state index in [0.29, 0.717) is 22.2 Å². The lowest BCUT2D eigenvalue weighted by atomic mass is 10.1. The molecule has 0 aliphatic carbocycles. The van der Waals surface area contributed by atoms with E-state index in [2.05, 4.69) is 9.97 Å². The number of benzene rings is 1. The molecule has 0 aliphatic rings. The van der Waals surface area contributed by atoms with E-state index in [4.69, 9.17) is 0 Å². The number of pyridine rings is 1. The monoisotopic (exact) mass is 365 g/mol. The van der Waals surface area contributed by atoms with Gasteiger partial charge in [-0.3, -0.25) is 9.78 Å². The summed E-state index contributed by atoms with van der Waals surface area (Å²) in [7, 11) is 0. The molecule has 4 nitrogen and oxygen atoms in total. The summed E-state index contributed by atoms with van der Waals surface area (Å²) in [5.41, 5.74) is 1.37. The maximum absolute atomic E-state index is 13.5. The number of nitrogens with one attached hydrogen (secondary N) is 2. The Balaban J connectivity index is 1.86. The van der Waals surface area contributed by atoms with Crippen molar-refractivity contribution in [2.45, 2.75) is 25.6 Å². The Labute approximate surface area is 146 Å². The molecule has 8 heteroatoms. The maximum Gasteiger partial charge on any atom is 0.414 e. The number of fused-ring (bicyclic) bond motifs is 1. The first-order valence-corrected chi connectivity index (χ1v) is 7.79. The second-order valence-electron chi connectivity index (χ2n) is 5.89. The summed E-state index contributed by atoms with van der Waals surface area (Å²) < 4.78 is 53.4. The zero-order chi connectivity index (χ0) is 18.9. The maximum atomic E-state index is 13.5. The number of aryl methyl sites for hydroxylation is 1. The Kier molecular flexibility index (Phi) is 4.67. The van der Waals surface area contributed by atoms with Crippen LogP contribution < -0.4 is 5.32 Å². The van der Waals surface area contributed by atoms with E-state index in [0.717, 1.165) is 0 Å². The highest BCUT2D eigenvalue weighted by atomic mass is 19.4. The number of rotatable bonds is 4. The molecule has 0 saturated heterocycles. The lowest BCUT2D eigenvalue weighted by Gasteiger charge is -2.21. The van der Waals surface area contributed by atoms with E-state index in [1.807, 2.05) is 5.32 Å². The van der Waals surface area contributed by atoms with Gasteiger partial charge < -0.3 is 10.3 Å². The minimum absolute atomic E-state index is 0.296. The molecule has 0 unspecified atom stereocenters. The molecule has 136 valence electrons. The van der Waals surface area contributed by atoms with Crippen LogP contribution in [0.5, 0.6) is 0 Å². The summed E-state index contributed by atoms with van der Waals surface area (Å²) in [6.45, 7) is 1.68. The number of carbonyl (C=O) groups excluding carboxylic acids is 1. The SMILES string of the molecule is Cc1[nH]c2ccc(F)cc2c1CC(=O)N[C@@H](c1ccccn1)C(F)(F)F. The van der Waals surface area contributed by atoms with E-state index in [9.17, 15) is 22.4 Å². The lowest BCUT2D eigenvalue weighted by molar-refractivity contribution is -0.164.